The van der Waals surface area contributed by atoms with Gasteiger partial charge in [0.15, 0.2) is 0 Å². The van der Waals surface area contributed by atoms with E-state index in [1.807, 2.05) is 26.1 Å². The lowest BCUT2D eigenvalue weighted by Crippen LogP contribution is -2.44. The summed E-state index contributed by atoms with van der Waals surface area (Å²) in [6.45, 7) is 6.64. The van der Waals surface area contributed by atoms with Crippen molar-refractivity contribution in [2.45, 2.75) is 32.7 Å². The van der Waals surface area contributed by atoms with Gasteiger partial charge in [0.1, 0.15) is 0 Å². The molecule has 0 saturated carbocycles. The van der Waals surface area contributed by atoms with Crippen LogP contribution in [0, 0.1) is 13.8 Å². The molecule has 1 aromatic rings. The second-order valence-electron chi connectivity index (χ2n) is 5.76. The first-order valence-corrected chi connectivity index (χ1v) is 7.34. The molecule has 0 aromatic heterocycles. The van der Waals surface area contributed by atoms with Gasteiger partial charge in [0, 0.05) is 11.7 Å². The van der Waals surface area contributed by atoms with Gasteiger partial charge in [0.2, 0.25) is 5.91 Å². The summed E-state index contributed by atoms with van der Waals surface area (Å²) >= 11 is 0. The van der Waals surface area contributed by atoms with Crippen LogP contribution in [0.25, 0.3) is 0 Å². The molecule has 20 heavy (non-hydrogen) atoms. The lowest BCUT2D eigenvalue weighted by molar-refractivity contribution is -0.117. The van der Waals surface area contributed by atoms with E-state index in [9.17, 15) is 4.79 Å². The number of likely N-dealkylation sites (N-methyl/N-ethyl adjacent to an activating group) is 1. The van der Waals surface area contributed by atoms with E-state index in [2.05, 4.69) is 28.5 Å². The summed E-state index contributed by atoms with van der Waals surface area (Å²) in [4.78, 5) is 14.3. The van der Waals surface area contributed by atoms with Crippen molar-refractivity contribution in [3.63, 3.8) is 0 Å². The largest absolute Gasteiger partial charge is 0.325 e. The molecule has 2 N–H and O–H groups in total. The molecular weight excluding hydrogens is 250 g/mol. The molecule has 1 aliphatic heterocycles. The van der Waals surface area contributed by atoms with Gasteiger partial charge in [0.25, 0.3) is 0 Å². The quantitative estimate of drug-likeness (QED) is 0.882. The molecule has 0 radical (unpaired) electrons. The highest BCUT2D eigenvalue weighted by Gasteiger charge is 2.19. The third-order valence-corrected chi connectivity index (χ3v) is 3.98. The number of hydrogen-bond acceptors (Lipinski definition) is 3. The number of nitrogens with zero attached hydrogens (tertiary/aromatic N) is 1. The Bertz CT molecular complexity index is 467. The van der Waals surface area contributed by atoms with Crippen molar-refractivity contribution >= 4 is 11.6 Å². The summed E-state index contributed by atoms with van der Waals surface area (Å²) in [5.41, 5.74) is 3.24. The molecule has 0 spiro atoms. The van der Waals surface area contributed by atoms with Gasteiger partial charge in [-0.25, -0.2) is 0 Å². The number of hydrogen-bond donors (Lipinski definition) is 2. The normalized spacial score (nSPS) is 16.4. The molecule has 2 rings (SSSR count). The number of nitrogens with one attached hydrogen (secondary N) is 2. The van der Waals surface area contributed by atoms with Gasteiger partial charge in [-0.1, -0.05) is 17.7 Å². The minimum Gasteiger partial charge on any atom is -0.325 e. The monoisotopic (exact) mass is 275 g/mol. The van der Waals surface area contributed by atoms with Gasteiger partial charge >= 0.3 is 0 Å². The van der Waals surface area contributed by atoms with E-state index in [-0.39, 0.29) is 5.91 Å². The van der Waals surface area contributed by atoms with Crippen molar-refractivity contribution in [2.24, 2.45) is 0 Å². The standard InChI is InChI=1S/C16H25N3O/c1-12-4-5-15(13(2)10-12)18-16(20)11-19(3)14-6-8-17-9-7-14/h4-5,10,14,17H,6-9,11H2,1-3H3,(H,18,20). The summed E-state index contributed by atoms with van der Waals surface area (Å²) in [6, 6.07) is 6.61. The summed E-state index contributed by atoms with van der Waals surface area (Å²) in [6.07, 6.45) is 2.24. The fourth-order valence-corrected chi connectivity index (χ4v) is 2.75. The van der Waals surface area contributed by atoms with Crippen LogP contribution in [0.1, 0.15) is 24.0 Å². The molecular formula is C16H25N3O. The minimum atomic E-state index is 0.0676. The van der Waals surface area contributed by atoms with Crippen molar-refractivity contribution in [1.29, 1.82) is 0 Å². The zero-order valence-electron chi connectivity index (χ0n) is 12.7. The zero-order chi connectivity index (χ0) is 14.5. The average molecular weight is 275 g/mol. The third kappa shape index (κ3) is 4.05. The van der Waals surface area contributed by atoms with E-state index < -0.39 is 0 Å². The highest BCUT2D eigenvalue weighted by molar-refractivity contribution is 5.93. The first-order chi connectivity index (χ1) is 9.56. The third-order valence-electron chi connectivity index (χ3n) is 3.98. The summed E-state index contributed by atoms with van der Waals surface area (Å²) < 4.78 is 0. The molecule has 110 valence electrons. The number of aryl methyl sites for hydroxylation is 2. The molecule has 1 fully saturated rings. The Morgan fingerprint density at radius 2 is 2.05 bits per heavy atom. The second-order valence-corrected chi connectivity index (χ2v) is 5.76. The van der Waals surface area contributed by atoms with E-state index in [1.54, 1.807) is 0 Å². The number of benzene rings is 1. The SMILES string of the molecule is Cc1ccc(NC(=O)CN(C)C2CCNCC2)c(C)c1. The Hall–Kier alpha value is -1.39. The van der Waals surface area contributed by atoms with E-state index in [4.69, 9.17) is 0 Å². The van der Waals surface area contributed by atoms with Crippen LogP contribution >= 0.6 is 0 Å². The molecule has 4 nitrogen and oxygen atoms in total. The summed E-state index contributed by atoms with van der Waals surface area (Å²) in [5, 5.41) is 6.36. The number of anilines is 1. The van der Waals surface area contributed by atoms with Gasteiger partial charge in [0.05, 0.1) is 6.54 Å². The second kappa shape index (κ2) is 6.86. The first kappa shape index (κ1) is 15.0. The topological polar surface area (TPSA) is 44.4 Å². The molecule has 1 aliphatic rings. The van der Waals surface area contributed by atoms with Crippen molar-refractivity contribution in [2.75, 3.05) is 32.0 Å². The van der Waals surface area contributed by atoms with Crippen molar-refractivity contribution in [3.05, 3.63) is 29.3 Å². The lowest BCUT2D eigenvalue weighted by Gasteiger charge is -2.31. The fourth-order valence-electron chi connectivity index (χ4n) is 2.75. The predicted octanol–water partition coefficient (Wildman–Crippen LogP) is 1.93. The Morgan fingerprint density at radius 1 is 1.35 bits per heavy atom. The van der Waals surface area contributed by atoms with Gasteiger partial charge in [-0.3, -0.25) is 9.69 Å². The van der Waals surface area contributed by atoms with Crippen LogP contribution in [0.4, 0.5) is 5.69 Å². The molecule has 4 heteroatoms. The zero-order valence-corrected chi connectivity index (χ0v) is 12.7. The van der Waals surface area contributed by atoms with Crippen molar-refractivity contribution in [1.82, 2.24) is 10.2 Å². The van der Waals surface area contributed by atoms with E-state index >= 15 is 0 Å². The highest BCUT2D eigenvalue weighted by Crippen LogP contribution is 2.16. The molecule has 0 unspecified atom stereocenters. The van der Waals surface area contributed by atoms with Crippen LogP contribution in [0.3, 0.4) is 0 Å². The number of piperidine rings is 1. The van der Waals surface area contributed by atoms with Crippen molar-refractivity contribution < 1.29 is 4.79 Å². The van der Waals surface area contributed by atoms with Crippen LogP contribution in [-0.4, -0.2) is 43.5 Å². The van der Waals surface area contributed by atoms with E-state index in [0.717, 1.165) is 37.2 Å². The molecule has 1 heterocycles. The highest BCUT2D eigenvalue weighted by atomic mass is 16.2. The first-order valence-electron chi connectivity index (χ1n) is 7.34. The summed E-state index contributed by atoms with van der Waals surface area (Å²) in [5.74, 6) is 0.0676. The minimum absolute atomic E-state index is 0.0676. The number of amides is 1. The molecule has 1 aromatic carbocycles. The van der Waals surface area contributed by atoms with Gasteiger partial charge in [-0.05, 0) is 58.5 Å². The molecule has 0 aliphatic carbocycles. The van der Waals surface area contributed by atoms with Crippen molar-refractivity contribution in [3.8, 4) is 0 Å². The Labute approximate surface area is 121 Å². The Balaban J connectivity index is 1.88. The number of carbonyl (C=O) groups excluding carboxylic acids is 1. The average Bonchev–Trinajstić information content (AvgIpc) is 2.43. The summed E-state index contributed by atoms with van der Waals surface area (Å²) in [7, 11) is 2.04. The number of rotatable bonds is 4. The van der Waals surface area contributed by atoms with Crippen LogP contribution < -0.4 is 10.6 Å². The van der Waals surface area contributed by atoms with E-state index in [0.29, 0.717) is 12.6 Å². The molecule has 1 amide bonds. The Morgan fingerprint density at radius 3 is 2.70 bits per heavy atom. The smallest absolute Gasteiger partial charge is 0.238 e. The number of carbonyl (C=O) groups is 1. The van der Waals surface area contributed by atoms with Crippen LogP contribution in [0.15, 0.2) is 18.2 Å². The van der Waals surface area contributed by atoms with Gasteiger partial charge in [-0.2, -0.15) is 0 Å². The maximum Gasteiger partial charge on any atom is 0.238 e. The van der Waals surface area contributed by atoms with Gasteiger partial charge in [-0.15, -0.1) is 0 Å². The van der Waals surface area contributed by atoms with Crippen LogP contribution in [-0.2, 0) is 4.79 Å². The van der Waals surface area contributed by atoms with Crippen LogP contribution in [0.2, 0.25) is 0 Å². The maximum absolute atomic E-state index is 12.1. The fraction of sp³-hybridized carbons (Fsp3) is 0.562. The molecule has 0 atom stereocenters. The maximum atomic E-state index is 12.1. The van der Waals surface area contributed by atoms with Gasteiger partial charge < -0.3 is 10.6 Å². The lowest BCUT2D eigenvalue weighted by atomic mass is 10.1. The Kier molecular flexibility index (Phi) is 5.15. The molecule has 1 saturated heterocycles. The van der Waals surface area contributed by atoms with Crippen LogP contribution in [0.5, 0.6) is 0 Å². The molecule has 0 bridgehead atoms. The predicted molar refractivity (Wildman–Crippen MR) is 83.1 cm³/mol. The van der Waals surface area contributed by atoms with E-state index in [1.165, 1.54) is 5.56 Å².